The molecule has 0 unspecified atom stereocenters. The van der Waals surface area contributed by atoms with E-state index in [9.17, 15) is 9.59 Å². The molecule has 0 bridgehead atoms. The van der Waals surface area contributed by atoms with Crippen LogP contribution >= 0.6 is 0 Å². The number of benzene rings is 2. The first-order chi connectivity index (χ1) is 13.6. The number of carbonyl (C=O) groups excluding carboxylic acids is 2. The maximum absolute atomic E-state index is 13.1. The van der Waals surface area contributed by atoms with Gasteiger partial charge in [0.25, 0.3) is 11.8 Å². The number of ether oxygens (including phenoxy) is 2. The summed E-state index contributed by atoms with van der Waals surface area (Å²) < 4.78 is 10.3. The molecule has 2 aromatic carbocycles. The highest BCUT2D eigenvalue weighted by atomic mass is 16.5. The molecule has 0 fully saturated rings. The van der Waals surface area contributed by atoms with Crippen molar-refractivity contribution in [1.82, 2.24) is 9.80 Å². The second-order valence-electron chi connectivity index (χ2n) is 6.55. The molecule has 0 saturated heterocycles. The van der Waals surface area contributed by atoms with Gasteiger partial charge in [0.05, 0.1) is 25.8 Å². The standard InChI is InChI=1S/C22H24N2O4/c1-23(15-16-7-5-4-6-8-16)20-19(17-9-11-18(28-3)12-10-17)21(25)24(22(20)26)13-14-27-2/h4-12H,13-15H2,1-3H3. The van der Waals surface area contributed by atoms with E-state index >= 15 is 0 Å². The average Bonchev–Trinajstić information content (AvgIpc) is 2.97. The Labute approximate surface area is 165 Å². The number of hydrogen-bond acceptors (Lipinski definition) is 5. The van der Waals surface area contributed by atoms with Crippen LogP contribution in [-0.4, -0.2) is 56.0 Å². The average molecular weight is 380 g/mol. The second-order valence-corrected chi connectivity index (χ2v) is 6.55. The summed E-state index contributed by atoms with van der Waals surface area (Å²) in [7, 11) is 4.96. The van der Waals surface area contributed by atoms with Gasteiger partial charge in [0.15, 0.2) is 0 Å². The quantitative estimate of drug-likeness (QED) is 0.659. The van der Waals surface area contributed by atoms with Crippen molar-refractivity contribution in [2.24, 2.45) is 0 Å². The Hall–Kier alpha value is -3.12. The molecule has 6 heteroatoms. The molecule has 0 atom stereocenters. The SMILES string of the molecule is COCCN1C(=O)C(c2ccc(OC)cc2)=C(N(C)Cc2ccccc2)C1=O. The van der Waals surface area contributed by atoms with Gasteiger partial charge in [0.2, 0.25) is 0 Å². The largest absolute Gasteiger partial charge is 0.497 e. The first-order valence-electron chi connectivity index (χ1n) is 9.05. The smallest absolute Gasteiger partial charge is 0.277 e. The number of rotatable bonds is 8. The van der Waals surface area contributed by atoms with Crippen LogP contribution in [0, 0.1) is 0 Å². The molecule has 1 aliphatic heterocycles. The Morgan fingerprint density at radius 1 is 0.929 bits per heavy atom. The Bertz CT molecular complexity index is 875. The van der Waals surface area contributed by atoms with Crippen LogP contribution in [0.4, 0.5) is 0 Å². The summed E-state index contributed by atoms with van der Waals surface area (Å²) in [6.07, 6.45) is 0. The van der Waals surface area contributed by atoms with E-state index in [-0.39, 0.29) is 18.4 Å². The lowest BCUT2D eigenvalue weighted by Crippen LogP contribution is -2.36. The van der Waals surface area contributed by atoms with E-state index in [1.165, 1.54) is 4.90 Å². The molecule has 0 saturated carbocycles. The van der Waals surface area contributed by atoms with E-state index < -0.39 is 0 Å². The van der Waals surface area contributed by atoms with Crippen molar-refractivity contribution in [2.75, 3.05) is 34.4 Å². The van der Waals surface area contributed by atoms with Gasteiger partial charge in [-0.15, -0.1) is 0 Å². The molecular formula is C22H24N2O4. The molecule has 2 aromatic rings. The number of nitrogens with zero attached hydrogens (tertiary/aromatic N) is 2. The highest BCUT2D eigenvalue weighted by Gasteiger charge is 2.40. The summed E-state index contributed by atoms with van der Waals surface area (Å²) in [6, 6.07) is 17.0. The predicted octanol–water partition coefficient (Wildman–Crippen LogP) is 2.55. The normalized spacial score (nSPS) is 14.0. The third kappa shape index (κ3) is 3.92. The Balaban J connectivity index is 2.00. The highest BCUT2D eigenvalue weighted by molar-refractivity contribution is 6.35. The summed E-state index contributed by atoms with van der Waals surface area (Å²) in [5, 5.41) is 0. The zero-order chi connectivity index (χ0) is 20.1. The van der Waals surface area contributed by atoms with E-state index in [0.717, 1.165) is 5.56 Å². The number of amides is 2. The first-order valence-corrected chi connectivity index (χ1v) is 9.05. The minimum absolute atomic E-state index is 0.219. The number of hydrogen-bond donors (Lipinski definition) is 0. The molecule has 28 heavy (non-hydrogen) atoms. The van der Waals surface area contributed by atoms with Gasteiger partial charge in [0, 0.05) is 20.7 Å². The third-order valence-electron chi connectivity index (χ3n) is 4.69. The first kappa shape index (κ1) is 19.6. The van der Waals surface area contributed by atoms with E-state index in [0.29, 0.717) is 35.7 Å². The maximum Gasteiger partial charge on any atom is 0.277 e. The minimum Gasteiger partial charge on any atom is -0.497 e. The van der Waals surface area contributed by atoms with Gasteiger partial charge in [-0.1, -0.05) is 42.5 Å². The van der Waals surface area contributed by atoms with Crippen molar-refractivity contribution in [3.05, 3.63) is 71.4 Å². The molecule has 0 N–H and O–H groups in total. The molecule has 0 aliphatic carbocycles. The molecule has 3 rings (SSSR count). The summed E-state index contributed by atoms with van der Waals surface area (Å²) in [4.78, 5) is 29.2. The topological polar surface area (TPSA) is 59.1 Å². The number of imide groups is 1. The van der Waals surface area contributed by atoms with Crippen molar-refractivity contribution in [1.29, 1.82) is 0 Å². The molecule has 0 radical (unpaired) electrons. The fourth-order valence-electron chi connectivity index (χ4n) is 3.26. The van der Waals surface area contributed by atoms with Gasteiger partial charge in [-0.2, -0.15) is 0 Å². The number of methoxy groups -OCH3 is 2. The number of carbonyl (C=O) groups is 2. The maximum atomic E-state index is 13.1. The van der Waals surface area contributed by atoms with Gasteiger partial charge in [0.1, 0.15) is 11.4 Å². The number of likely N-dealkylation sites (N-methyl/N-ethyl adjacent to an activating group) is 1. The summed E-state index contributed by atoms with van der Waals surface area (Å²) >= 11 is 0. The molecule has 2 amide bonds. The van der Waals surface area contributed by atoms with Crippen LogP contribution in [0.5, 0.6) is 5.75 Å². The molecule has 146 valence electrons. The molecule has 0 spiro atoms. The predicted molar refractivity (Wildman–Crippen MR) is 106 cm³/mol. The molecule has 1 aliphatic rings. The summed E-state index contributed by atoms with van der Waals surface area (Å²) in [6.45, 7) is 1.03. The van der Waals surface area contributed by atoms with Crippen LogP contribution in [0.2, 0.25) is 0 Å². The van der Waals surface area contributed by atoms with Crippen LogP contribution in [0.1, 0.15) is 11.1 Å². The molecule has 1 heterocycles. The van der Waals surface area contributed by atoms with Crippen molar-refractivity contribution < 1.29 is 19.1 Å². The van der Waals surface area contributed by atoms with E-state index in [4.69, 9.17) is 9.47 Å². The molecular weight excluding hydrogens is 356 g/mol. The van der Waals surface area contributed by atoms with Crippen molar-refractivity contribution in [2.45, 2.75) is 6.54 Å². The van der Waals surface area contributed by atoms with E-state index in [1.807, 2.05) is 42.3 Å². The zero-order valence-corrected chi connectivity index (χ0v) is 16.3. The van der Waals surface area contributed by atoms with Gasteiger partial charge in [-0.05, 0) is 23.3 Å². The van der Waals surface area contributed by atoms with Crippen LogP contribution in [-0.2, 0) is 20.9 Å². The highest BCUT2D eigenvalue weighted by Crippen LogP contribution is 2.32. The minimum atomic E-state index is -0.304. The van der Waals surface area contributed by atoms with Crippen LogP contribution in [0.15, 0.2) is 60.3 Å². The lowest BCUT2D eigenvalue weighted by molar-refractivity contribution is -0.138. The van der Waals surface area contributed by atoms with Crippen molar-refractivity contribution in [3.63, 3.8) is 0 Å². The van der Waals surface area contributed by atoms with Crippen molar-refractivity contribution >= 4 is 17.4 Å². The third-order valence-corrected chi connectivity index (χ3v) is 4.69. The van der Waals surface area contributed by atoms with Gasteiger partial charge < -0.3 is 14.4 Å². The van der Waals surface area contributed by atoms with Crippen LogP contribution in [0.3, 0.4) is 0 Å². The van der Waals surface area contributed by atoms with E-state index in [2.05, 4.69) is 0 Å². The second kappa shape index (κ2) is 8.71. The Kier molecular flexibility index (Phi) is 6.11. The van der Waals surface area contributed by atoms with Crippen LogP contribution < -0.4 is 4.74 Å². The summed E-state index contributed by atoms with van der Waals surface area (Å²) in [5.41, 5.74) is 2.55. The Morgan fingerprint density at radius 2 is 1.61 bits per heavy atom. The molecule has 0 aromatic heterocycles. The van der Waals surface area contributed by atoms with E-state index in [1.54, 1.807) is 38.5 Å². The lowest BCUT2D eigenvalue weighted by atomic mass is 10.0. The zero-order valence-electron chi connectivity index (χ0n) is 16.3. The van der Waals surface area contributed by atoms with Gasteiger partial charge in [-0.25, -0.2) is 0 Å². The van der Waals surface area contributed by atoms with Gasteiger partial charge in [-0.3, -0.25) is 14.5 Å². The summed E-state index contributed by atoms with van der Waals surface area (Å²) in [5.74, 6) is 0.0879. The molecule has 6 nitrogen and oxygen atoms in total. The van der Waals surface area contributed by atoms with Crippen molar-refractivity contribution in [3.8, 4) is 5.75 Å². The fourth-order valence-corrected chi connectivity index (χ4v) is 3.26. The van der Waals surface area contributed by atoms with Crippen LogP contribution in [0.25, 0.3) is 5.57 Å². The Morgan fingerprint density at radius 3 is 2.21 bits per heavy atom. The monoisotopic (exact) mass is 380 g/mol. The lowest BCUT2D eigenvalue weighted by Gasteiger charge is -2.21. The van der Waals surface area contributed by atoms with Gasteiger partial charge >= 0.3 is 0 Å². The fraction of sp³-hybridized carbons (Fsp3) is 0.273.